The van der Waals surface area contributed by atoms with Gasteiger partial charge in [0.25, 0.3) is 0 Å². The monoisotopic (exact) mass is 341 g/mol. The molecule has 0 fully saturated rings. The number of nitrogens with one attached hydrogen (secondary N) is 2. The average molecular weight is 341 g/mol. The predicted molar refractivity (Wildman–Crippen MR) is 77.7 cm³/mol. The zero-order chi connectivity index (χ0) is 17.6. The van der Waals surface area contributed by atoms with Gasteiger partial charge in [0, 0.05) is 25.5 Å². The Labute approximate surface area is 134 Å². The Kier molecular flexibility index (Phi) is 5.51. The van der Waals surface area contributed by atoms with Crippen molar-refractivity contribution < 1.29 is 22.8 Å². The molecule has 0 atom stereocenters. The molecule has 0 unspecified atom stereocenters. The van der Waals surface area contributed by atoms with Gasteiger partial charge in [-0.25, -0.2) is 9.97 Å². The van der Waals surface area contributed by atoms with Crippen molar-refractivity contribution in [1.29, 1.82) is 0 Å². The van der Waals surface area contributed by atoms with Crippen LogP contribution in [-0.4, -0.2) is 32.9 Å². The maximum atomic E-state index is 12.4. The third-order valence-corrected chi connectivity index (χ3v) is 2.96. The van der Waals surface area contributed by atoms with Gasteiger partial charge < -0.3 is 15.2 Å². The van der Waals surface area contributed by atoms with Gasteiger partial charge in [0.15, 0.2) is 0 Å². The molecule has 0 saturated carbocycles. The Balaban J connectivity index is 1.75. The number of amides is 2. The van der Waals surface area contributed by atoms with Crippen molar-refractivity contribution >= 4 is 17.5 Å². The van der Waals surface area contributed by atoms with E-state index in [4.69, 9.17) is 0 Å². The van der Waals surface area contributed by atoms with Crippen LogP contribution in [0.5, 0.6) is 0 Å². The minimum absolute atomic E-state index is 0.00145. The van der Waals surface area contributed by atoms with Gasteiger partial charge in [0.05, 0.1) is 18.2 Å². The van der Waals surface area contributed by atoms with Gasteiger partial charge in [-0.3, -0.25) is 9.59 Å². The van der Waals surface area contributed by atoms with E-state index in [0.29, 0.717) is 13.0 Å². The molecule has 2 aromatic heterocycles. The van der Waals surface area contributed by atoms with Gasteiger partial charge in [-0.05, 0) is 18.6 Å². The number of hydrogen-bond donors (Lipinski definition) is 2. The van der Waals surface area contributed by atoms with Gasteiger partial charge in [0.1, 0.15) is 5.69 Å². The van der Waals surface area contributed by atoms with E-state index in [0.717, 1.165) is 18.3 Å². The normalized spacial score (nSPS) is 11.1. The second-order valence-electron chi connectivity index (χ2n) is 4.79. The molecule has 0 aliphatic rings. The van der Waals surface area contributed by atoms with Crippen LogP contribution in [0.2, 0.25) is 0 Å². The van der Waals surface area contributed by atoms with E-state index in [9.17, 15) is 22.8 Å². The molecule has 0 radical (unpaired) electrons. The second-order valence-corrected chi connectivity index (χ2v) is 4.79. The number of carbonyl (C=O) groups is 2. The van der Waals surface area contributed by atoms with E-state index >= 15 is 0 Å². The average Bonchev–Trinajstić information content (AvgIpc) is 3.04. The van der Waals surface area contributed by atoms with Crippen molar-refractivity contribution in [3.8, 4) is 0 Å². The Morgan fingerprint density at radius 2 is 2.00 bits per heavy atom. The van der Waals surface area contributed by atoms with Crippen molar-refractivity contribution in [2.24, 2.45) is 0 Å². The quantitative estimate of drug-likeness (QED) is 0.636. The minimum atomic E-state index is -4.56. The van der Waals surface area contributed by atoms with Crippen molar-refractivity contribution in [3.05, 3.63) is 42.7 Å². The molecule has 2 aromatic rings. The van der Waals surface area contributed by atoms with E-state index in [1.807, 2.05) is 4.57 Å². The van der Waals surface area contributed by atoms with Crippen molar-refractivity contribution in [2.75, 3.05) is 11.9 Å². The third-order valence-electron chi connectivity index (χ3n) is 2.96. The molecule has 0 saturated heterocycles. The topological polar surface area (TPSA) is 88.9 Å². The molecule has 0 aromatic carbocycles. The highest BCUT2D eigenvalue weighted by molar-refractivity contribution is 6.39. The fourth-order valence-corrected chi connectivity index (χ4v) is 1.79. The molecular formula is C14H14F3N5O2. The van der Waals surface area contributed by atoms with E-state index in [2.05, 4.69) is 20.6 Å². The molecule has 24 heavy (non-hydrogen) atoms. The van der Waals surface area contributed by atoms with Crippen LogP contribution in [0.3, 0.4) is 0 Å². The summed E-state index contributed by atoms with van der Waals surface area (Å²) in [5.74, 6) is -1.85. The summed E-state index contributed by atoms with van der Waals surface area (Å²) < 4.78 is 38.9. The van der Waals surface area contributed by atoms with Gasteiger partial charge in [-0.1, -0.05) is 0 Å². The van der Waals surface area contributed by atoms with Gasteiger partial charge in [-0.15, -0.1) is 0 Å². The number of carbonyl (C=O) groups excluding carboxylic acids is 2. The molecule has 2 heterocycles. The number of imidazole rings is 1. The van der Waals surface area contributed by atoms with Crippen LogP contribution in [0, 0.1) is 0 Å². The lowest BCUT2D eigenvalue weighted by Gasteiger charge is -2.08. The molecule has 0 aliphatic heterocycles. The van der Waals surface area contributed by atoms with E-state index in [-0.39, 0.29) is 12.2 Å². The SMILES string of the molecule is O=C(NCCCn1ccnc1)C(=O)Nc1ccc(C(F)(F)F)nc1. The predicted octanol–water partition coefficient (Wildman–Crippen LogP) is 1.44. The first-order valence-electron chi connectivity index (χ1n) is 6.94. The lowest BCUT2D eigenvalue weighted by Crippen LogP contribution is -2.36. The Morgan fingerprint density at radius 1 is 1.21 bits per heavy atom. The standard InChI is InChI=1S/C14H14F3N5O2/c15-14(16,17)11-3-2-10(8-20-11)21-13(24)12(23)19-4-1-6-22-7-5-18-9-22/h2-3,5,7-9H,1,4,6H2,(H,19,23)(H,21,24). The van der Waals surface area contributed by atoms with Crippen LogP contribution in [0.15, 0.2) is 37.1 Å². The summed E-state index contributed by atoms with van der Waals surface area (Å²) in [6, 6.07) is 1.75. The highest BCUT2D eigenvalue weighted by Crippen LogP contribution is 2.27. The van der Waals surface area contributed by atoms with E-state index in [1.165, 1.54) is 0 Å². The van der Waals surface area contributed by atoms with Crippen LogP contribution in [0.25, 0.3) is 0 Å². The van der Waals surface area contributed by atoms with Crippen LogP contribution in [-0.2, 0) is 22.3 Å². The summed E-state index contributed by atoms with van der Waals surface area (Å²) in [5.41, 5.74) is -1.08. The summed E-state index contributed by atoms with van der Waals surface area (Å²) in [7, 11) is 0. The second kappa shape index (κ2) is 7.57. The van der Waals surface area contributed by atoms with Crippen molar-refractivity contribution in [3.63, 3.8) is 0 Å². The molecule has 10 heteroatoms. The van der Waals surface area contributed by atoms with Gasteiger partial charge >= 0.3 is 18.0 Å². The lowest BCUT2D eigenvalue weighted by atomic mass is 10.3. The van der Waals surface area contributed by atoms with E-state index < -0.39 is 23.7 Å². The van der Waals surface area contributed by atoms with Gasteiger partial charge in [-0.2, -0.15) is 13.2 Å². The Hall–Kier alpha value is -2.91. The number of nitrogens with zero attached hydrogens (tertiary/aromatic N) is 3. The van der Waals surface area contributed by atoms with Crippen LogP contribution >= 0.6 is 0 Å². The summed E-state index contributed by atoms with van der Waals surface area (Å²) in [4.78, 5) is 30.3. The Morgan fingerprint density at radius 3 is 2.58 bits per heavy atom. The van der Waals surface area contributed by atoms with Crippen molar-refractivity contribution in [2.45, 2.75) is 19.1 Å². The zero-order valence-electron chi connectivity index (χ0n) is 12.4. The van der Waals surface area contributed by atoms with Gasteiger partial charge in [0.2, 0.25) is 0 Å². The molecule has 2 amide bonds. The molecule has 7 nitrogen and oxygen atoms in total. The van der Waals surface area contributed by atoms with E-state index in [1.54, 1.807) is 18.7 Å². The summed E-state index contributed by atoms with van der Waals surface area (Å²) in [6.45, 7) is 0.903. The number of hydrogen-bond acceptors (Lipinski definition) is 4. The van der Waals surface area contributed by atoms with Crippen LogP contribution in [0.4, 0.5) is 18.9 Å². The van der Waals surface area contributed by atoms with Crippen LogP contribution in [0.1, 0.15) is 12.1 Å². The molecule has 0 aliphatic carbocycles. The highest BCUT2D eigenvalue weighted by Gasteiger charge is 2.32. The first-order chi connectivity index (χ1) is 11.4. The molecule has 128 valence electrons. The summed E-state index contributed by atoms with van der Waals surface area (Å²) in [5, 5.41) is 4.59. The Bertz CT molecular complexity index is 683. The highest BCUT2D eigenvalue weighted by atomic mass is 19.4. The van der Waals surface area contributed by atoms with Crippen LogP contribution < -0.4 is 10.6 Å². The number of rotatable bonds is 5. The number of halogens is 3. The first kappa shape index (κ1) is 17.4. The maximum Gasteiger partial charge on any atom is 0.433 e. The molecule has 2 rings (SSSR count). The zero-order valence-corrected chi connectivity index (χ0v) is 12.4. The third kappa shape index (κ3) is 5.07. The number of pyridine rings is 1. The fraction of sp³-hybridized carbons (Fsp3) is 0.286. The summed E-state index contributed by atoms with van der Waals surface area (Å²) in [6.07, 6.45) is 1.90. The van der Waals surface area contributed by atoms with Crippen molar-refractivity contribution in [1.82, 2.24) is 19.9 Å². The number of anilines is 1. The summed E-state index contributed by atoms with van der Waals surface area (Å²) >= 11 is 0. The fourth-order valence-electron chi connectivity index (χ4n) is 1.79. The maximum absolute atomic E-state index is 12.4. The molecule has 0 bridgehead atoms. The largest absolute Gasteiger partial charge is 0.433 e. The molecule has 0 spiro atoms. The number of alkyl halides is 3. The number of aryl methyl sites for hydroxylation is 1. The molecular weight excluding hydrogens is 327 g/mol. The lowest BCUT2D eigenvalue weighted by molar-refractivity contribution is -0.141. The first-order valence-corrected chi connectivity index (χ1v) is 6.94. The minimum Gasteiger partial charge on any atom is -0.348 e. The smallest absolute Gasteiger partial charge is 0.348 e. The molecule has 2 N–H and O–H groups in total. The number of aromatic nitrogens is 3.